The minimum Gasteiger partial charge on any atom is -0.487 e. The summed E-state index contributed by atoms with van der Waals surface area (Å²) in [5.74, 6) is 1.71. The van der Waals surface area contributed by atoms with Gasteiger partial charge in [0, 0.05) is 26.3 Å². The molecule has 1 fully saturated rings. The molecule has 0 spiro atoms. The third kappa shape index (κ3) is 5.46. The lowest BCUT2D eigenvalue weighted by Crippen LogP contribution is -2.46. The predicted octanol–water partition coefficient (Wildman–Crippen LogP) is 3.91. The average Bonchev–Trinajstić information content (AvgIpc) is 2.69. The van der Waals surface area contributed by atoms with Gasteiger partial charge in [0.25, 0.3) is 0 Å². The third-order valence-electron chi connectivity index (χ3n) is 5.51. The molecule has 0 radical (unpaired) electrons. The molecule has 2 aromatic rings. The summed E-state index contributed by atoms with van der Waals surface area (Å²) in [4.78, 5) is 8.61. The molecule has 0 amide bonds. The molecule has 0 unspecified atom stereocenters. The van der Waals surface area contributed by atoms with Crippen LogP contribution in [0.25, 0.3) is 0 Å². The summed E-state index contributed by atoms with van der Waals surface area (Å²) < 4.78 is 5.78. The first kappa shape index (κ1) is 19.2. The molecule has 27 heavy (non-hydrogen) atoms. The van der Waals surface area contributed by atoms with Crippen molar-refractivity contribution in [3.8, 4) is 5.75 Å². The van der Waals surface area contributed by atoms with E-state index in [2.05, 4.69) is 39.7 Å². The Morgan fingerprint density at radius 3 is 2.56 bits per heavy atom. The number of aliphatic imine (C=N–C) groups is 1. The van der Waals surface area contributed by atoms with E-state index in [9.17, 15) is 0 Å². The summed E-state index contributed by atoms with van der Waals surface area (Å²) in [6.07, 6.45) is 7.02. The Hall–Kier alpha value is -2.56. The van der Waals surface area contributed by atoms with Gasteiger partial charge in [0.05, 0.1) is 5.69 Å². The molecule has 3 rings (SSSR count). The van der Waals surface area contributed by atoms with Crippen molar-refractivity contribution in [2.75, 3.05) is 13.6 Å². The number of aromatic nitrogens is 1. The lowest BCUT2D eigenvalue weighted by atomic mass is 9.67. The van der Waals surface area contributed by atoms with Gasteiger partial charge in [-0.15, -0.1) is 0 Å². The van der Waals surface area contributed by atoms with Crippen LogP contribution in [0.2, 0.25) is 0 Å². The fourth-order valence-corrected chi connectivity index (χ4v) is 3.35. The molecule has 1 aliphatic carbocycles. The maximum atomic E-state index is 5.78. The van der Waals surface area contributed by atoms with Gasteiger partial charge in [-0.2, -0.15) is 0 Å². The van der Waals surface area contributed by atoms with Gasteiger partial charge in [0.1, 0.15) is 12.4 Å². The number of guanidine groups is 1. The number of rotatable bonds is 8. The Morgan fingerprint density at radius 1 is 1.15 bits per heavy atom. The zero-order valence-corrected chi connectivity index (χ0v) is 16.4. The largest absolute Gasteiger partial charge is 0.487 e. The molecule has 5 heteroatoms. The number of pyridine rings is 1. The first-order valence-corrected chi connectivity index (χ1v) is 9.79. The van der Waals surface area contributed by atoms with E-state index in [0.717, 1.165) is 30.5 Å². The van der Waals surface area contributed by atoms with Gasteiger partial charge in [0.15, 0.2) is 5.96 Å². The van der Waals surface area contributed by atoms with E-state index in [1.807, 2.05) is 37.4 Å². The Balaban J connectivity index is 1.43. The molecule has 2 N–H and O–H groups in total. The van der Waals surface area contributed by atoms with Crippen molar-refractivity contribution in [3.63, 3.8) is 0 Å². The Labute approximate surface area is 162 Å². The summed E-state index contributed by atoms with van der Waals surface area (Å²) in [6, 6.07) is 14.0. The van der Waals surface area contributed by atoms with Crippen LogP contribution in [0.15, 0.2) is 53.7 Å². The first-order chi connectivity index (χ1) is 13.2. The quantitative estimate of drug-likeness (QED) is 0.549. The fraction of sp³-hybridized carbons (Fsp3) is 0.455. The molecule has 1 saturated carbocycles. The highest BCUT2D eigenvalue weighted by atomic mass is 16.5. The van der Waals surface area contributed by atoms with E-state index in [0.29, 0.717) is 12.0 Å². The molecule has 1 aromatic carbocycles. The van der Waals surface area contributed by atoms with Crippen molar-refractivity contribution in [1.29, 1.82) is 0 Å². The number of nitrogens with zero attached hydrogens (tertiary/aromatic N) is 2. The lowest BCUT2D eigenvalue weighted by Gasteiger charge is -2.41. The van der Waals surface area contributed by atoms with Crippen LogP contribution in [0.1, 0.15) is 43.9 Å². The highest BCUT2D eigenvalue weighted by Gasteiger charge is 2.34. The second kappa shape index (κ2) is 9.40. The van der Waals surface area contributed by atoms with Crippen LogP contribution in [0.5, 0.6) is 5.75 Å². The van der Waals surface area contributed by atoms with Gasteiger partial charge in [-0.3, -0.25) is 9.98 Å². The van der Waals surface area contributed by atoms with Crippen molar-refractivity contribution in [2.45, 2.75) is 45.8 Å². The normalized spacial score (nSPS) is 15.7. The van der Waals surface area contributed by atoms with Crippen LogP contribution in [0.4, 0.5) is 0 Å². The Morgan fingerprint density at radius 2 is 1.96 bits per heavy atom. The Kier molecular flexibility index (Phi) is 6.69. The summed E-state index contributed by atoms with van der Waals surface area (Å²) in [6.45, 7) is 4.51. The van der Waals surface area contributed by atoms with Gasteiger partial charge in [-0.1, -0.05) is 31.5 Å². The van der Waals surface area contributed by atoms with E-state index in [1.54, 1.807) is 6.20 Å². The molecule has 0 atom stereocenters. The lowest BCUT2D eigenvalue weighted by molar-refractivity contribution is 0.131. The molecule has 1 aliphatic rings. The zero-order chi connectivity index (χ0) is 19.0. The van der Waals surface area contributed by atoms with Crippen LogP contribution in [0, 0.1) is 5.41 Å². The Bertz CT molecular complexity index is 718. The topological polar surface area (TPSA) is 58.5 Å². The monoisotopic (exact) mass is 366 g/mol. The zero-order valence-electron chi connectivity index (χ0n) is 16.4. The predicted molar refractivity (Wildman–Crippen MR) is 110 cm³/mol. The molecular weight excluding hydrogens is 336 g/mol. The van der Waals surface area contributed by atoms with Crippen LogP contribution < -0.4 is 15.4 Å². The second-order valence-electron chi connectivity index (χ2n) is 7.24. The molecule has 0 bridgehead atoms. The van der Waals surface area contributed by atoms with Crippen molar-refractivity contribution in [1.82, 2.24) is 15.6 Å². The standard InChI is InChI=1S/C22H30N4O/c1-3-22(12-6-13-22)17-26-21(23-2)25-15-18-8-10-20(11-9-18)27-16-19-7-4-5-14-24-19/h4-5,7-11,14H,3,6,12-13,15-17H2,1-2H3,(H2,23,25,26). The molecule has 0 aliphatic heterocycles. The van der Waals surface area contributed by atoms with Crippen molar-refractivity contribution in [2.24, 2.45) is 10.4 Å². The van der Waals surface area contributed by atoms with Gasteiger partial charge >= 0.3 is 0 Å². The van der Waals surface area contributed by atoms with Crippen molar-refractivity contribution >= 4 is 5.96 Å². The van der Waals surface area contributed by atoms with E-state index < -0.39 is 0 Å². The van der Waals surface area contributed by atoms with Crippen LogP contribution in [0.3, 0.4) is 0 Å². The maximum Gasteiger partial charge on any atom is 0.191 e. The van der Waals surface area contributed by atoms with Gasteiger partial charge in [-0.05, 0) is 54.5 Å². The van der Waals surface area contributed by atoms with Crippen molar-refractivity contribution < 1.29 is 4.74 Å². The molecule has 0 saturated heterocycles. The molecule has 1 aromatic heterocycles. The van der Waals surface area contributed by atoms with Crippen LogP contribution >= 0.6 is 0 Å². The van der Waals surface area contributed by atoms with Crippen LogP contribution in [-0.4, -0.2) is 24.5 Å². The summed E-state index contributed by atoms with van der Waals surface area (Å²) >= 11 is 0. The van der Waals surface area contributed by atoms with Crippen molar-refractivity contribution in [3.05, 3.63) is 59.9 Å². The first-order valence-electron chi connectivity index (χ1n) is 9.79. The molecule has 144 valence electrons. The molecular formula is C22H30N4O. The van der Waals surface area contributed by atoms with Gasteiger partial charge < -0.3 is 15.4 Å². The number of hydrogen-bond acceptors (Lipinski definition) is 3. The highest BCUT2D eigenvalue weighted by Crippen LogP contribution is 2.42. The SMILES string of the molecule is CCC1(CNC(=NC)NCc2ccc(OCc3ccccn3)cc2)CCC1. The van der Waals surface area contributed by atoms with Crippen LogP contribution in [-0.2, 0) is 13.2 Å². The highest BCUT2D eigenvalue weighted by molar-refractivity contribution is 5.79. The van der Waals surface area contributed by atoms with E-state index in [4.69, 9.17) is 4.74 Å². The summed E-state index contributed by atoms with van der Waals surface area (Å²) in [5, 5.41) is 6.89. The number of hydrogen-bond donors (Lipinski definition) is 2. The molecule has 1 heterocycles. The number of ether oxygens (including phenoxy) is 1. The van der Waals surface area contributed by atoms with E-state index in [1.165, 1.54) is 31.2 Å². The minimum absolute atomic E-state index is 0.476. The van der Waals surface area contributed by atoms with E-state index in [-0.39, 0.29) is 0 Å². The third-order valence-corrected chi connectivity index (χ3v) is 5.51. The summed E-state index contributed by atoms with van der Waals surface area (Å²) in [7, 11) is 1.82. The van der Waals surface area contributed by atoms with Gasteiger partial charge in [0.2, 0.25) is 0 Å². The smallest absolute Gasteiger partial charge is 0.191 e. The maximum absolute atomic E-state index is 5.78. The summed E-state index contributed by atoms with van der Waals surface area (Å²) in [5.41, 5.74) is 2.59. The minimum atomic E-state index is 0.476. The number of benzene rings is 1. The average molecular weight is 367 g/mol. The second-order valence-corrected chi connectivity index (χ2v) is 7.24. The molecule has 5 nitrogen and oxygen atoms in total. The van der Waals surface area contributed by atoms with E-state index >= 15 is 0 Å². The van der Waals surface area contributed by atoms with Gasteiger partial charge in [-0.25, -0.2) is 0 Å². The fourth-order valence-electron chi connectivity index (χ4n) is 3.35. The number of nitrogens with one attached hydrogen (secondary N) is 2.